The average Bonchev–Trinajstić information content (AvgIpc) is 3.27. The van der Waals surface area contributed by atoms with Gasteiger partial charge in [-0.3, -0.25) is 9.59 Å². The van der Waals surface area contributed by atoms with Crippen LogP contribution in [0.1, 0.15) is 43.1 Å². The normalized spacial score (nSPS) is 11.4. The summed E-state index contributed by atoms with van der Waals surface area (Å²) in [5, 5.41) is 9.60. The van der Waals surface area contributed by atoms with Crippen LogP contribution in [0.25, 0.3) is 11.0 Å². The number of hydrogen-bond acceptors (Lipinski definition) is 4. The molecule has 4 aromatic rings. The lowest BCUT2D eigenvalue weighted by molar-refractivity contribution is -0.129. The number of aromatic nitrogens is 2. The zero-order chi connectivity index (χ0) is 25.9. The molecule has 4 N–H and O–H groups in total. The number of nitrogens with one attached hydrogen (secondary N) is 4. The molecule has 4 rings (SSSR count). The second kappa shape index (κ2) is 10.7. The number of halogens is 2. The molecule has 7 nitrogen and oxygen atoms in total. The van der Waals surface area contributed by atoms with E-state index in [1.54, 1.807) is 24.3 Å². The molecule has 0 spiro atoms. The zero-order valence-corrected chi connectivity index (χ0v) is 22.5. The fourth-order valence-corrected chi connectivity index (χ4v) is 3.86. The summed E-state index contributed by atoms with van der Waals surface area (Å²) in [4.78, 5) is 32.9. The highest BCUT2D eigenvalue weighted by Gasteiger charge is 2.24. The maximum absolute atomic E-state index is 12.7. The number of carbonyl (C=O) groups is 2. The molecule has 0 saturated heterocycles. The summed E-state index contributed by atoms with van der Waals surface area (Å²) < 4.78 is 0.940. The summed E-state index contributed by atoms with van der Waals surface area (Å²) in [6.45, 7) is 6.24. The number of fused-ring (bicyclic) bond motifs is 1. The van der Waals surface area contributed by atoms with Gasteiger partial charge in [0.25, 0.3) is 5.91 Å². The lowest BCUT2D eigenvalue weighted by atomic mass is 9.89. The lowest BCUT2D eigenvalue weighted by Gasteiger charge is -2.21. The Morgan fingerprint density at radius 2 is 1.81 bits per heavy atom. The molecular weight excluding hydrogens is 542 g/mol. The Labute approximate surface area is 223 Å². The van der Waals surface area contributed by atoms with Gasteiger partial charge >= 0.3 is 0 Å². The van der Waals surface area contributed by atoms with Crippen molar-refractivity contribution in [1.29, 1.82) is 0 Å². The van der Waals surface area contributed by atoms with Gasteiger partial charge in [-0.2, -0.15) is 0 Å². The molecule has 9 heteroatoms. The second-order valence-electron chi connectivity index (χ2n) is 9.14. The third kappa shape index (κ3) is 6.06. The number of anilines is 3. The first-order valence-corrected chi connectivity index (χ1v) is 12.7. The SMILES string of the molecule is CCC(C)(C)C(=O)NCc1ccc(Cl)c(Nc2nc3ccc(C(=O)Nc4ccc(Br)cc4)cc3[nH]2)c1. The maximum atomic E-state index is 12.7. The number of nitrogens with zero attached hydrogens (tertiary/aromatic N) is 1. The first-order chi connectivity index (χ1) is 17.1. The third-order valence-corrected chi connectivity index (χ3v) is 6.94. The fourth-order valence-electron chi connectivity index (χ4n) is 3.43. The smallest absolute Gasteiger partial charge is 0.255 e. The van der Waals surface area contributed by atoms with Gasteiger partial charge in [0.1, 0.15) is 0 Å². The van der Waals surface area contributed by atoms with E-state index in [0.29, 0.717) is 45.5 Å². The third-order valence-electron chi connectivity index (χ3n) is 6.08. The number of hydrogen-bond donors (Lipinski definition) is 4. The van der Waals surface area contributed by atoms with Gasteiger partial charge in [0.15, 0.2) is 0 Å². The Morgan fingerprint density at radius 1 is 1.06 bits per heavy atom. The Morgan fingerprint density at radius 3 is 2.53 bits per heavy atom. The number of benzene rings is 3. The number of imidazole rings is 1. The summed E-state index contributed by atoms with van der Waals surface area (Å²) in [5.41, 5.74) is 3.78. The predicted molar refractivity (Wildman–Crippen MR) is 149 cm³/mol. The van der Waals surface area contributed by atoms with Crippen LogP contribution in [0.4, 0.5) is 17.3 Å². The van der Waals surface area contributed by atoms with E-state index in [2.05, 4.69) is 41.8 Å². The Kier molecular flexibility index (Phi) is 7.66. The van der Waals surface area contributed by atoms with Crippen LogP contribution >= 0.6 is 27.5 Å². The van der Waals surface area contributed by atoms with Crippen LogP contribution in [0.5, 0.6) is 0 Å². The first-order valence-electron chi connectivity index (χ1n) is 11.5. The van der Waals surface area contributed by atoms with E-state index in [-0.39, 0.29) is 11.8 Å². The van der Waals surface area contributed by atoms with Crippen molar-refractivity contribution in [3.63, 3.8) is 0 Å². The van der Waals surface area contributed by atoms with E-state index in [1.807, 2.05) is 57.2 Å². The zero-order valence-electron chi connectivity index (χ0n) is 20.2. The molecule has 0 atom stereocenters. The van der Waals surface area contributed by atoms with Crippen LogP contribution in [-0.4, -0.2) is 21.8 Å². The van der Waals surface area contributed by atoms with Crippen molar-refractivity contribution in [3.8, 4) is 0 Å². The minimum Gasteiger partial charge on any atom is -0.352 e. The highest BCUT2D eigenvalue weighted by molar-refractivity contribution is 9.10. The van der Waals surface area contributed by atoms with Crippen molar-refractivity contribution in [2.24, 2.45) is 5.41 Å². The number of aromatic amines is 1. The fraction of sp³-hybridized carbons (Fsp3) is 0.222. The number of amides is 2. The van der Waals surface area contributed by atoms with E-state index in [9.17, 15) is 9.59 Å². The summed E-state index contributed by atoms with van der Waals surface area (Å²) >= 11 is 9.80. The topological polar surface area (TPSA) is 98.9 Å². The van der Waals surface area contributed by atoms with Crippen LogP contribution in [-0.2, 0) is 11.3 Å². The quantitative estimate of drug-likeness (QED) is 0.183. The molecule has 0 saturated carbocycles. The minimum atomic E-state index is -0.421. The van der Waals surface area contributed by atoms with Crippen LogP contribution in [0, 0.1) is 5.41 Å². The van der Waals surface area contributed by atoms with Crippen molar-refractivity contribution in [2.45, 2.75) is 33.7 Å². The number of H-pyrrole nitrogens is 1. The predicted octanol–water partition coefficient (Wildman–Crippen LogP) is 7.03. The average molecular weight is 569 g/mol. The molecule has 0 aliphatic carbocycles. The van der Waals surface area contributed by atoms with E-state index < -0.39 is 5.41 Å². The van der Waals surface area contributed by atoms with Gasteiger partial charge in [0, 0.05) is 27.7 Å². The van der Waals surface area contributed by atoms with Crippen molar-refractivity contribution in [3.05, 3.63) is 81.3 Å². The van der Waals surface area contributed by atoms with Crippen LogP contribution < -0.4 is 16.0 Å². The van der Waals surface area contributed by atoms with Gasteiger partial charge < -0.3 is 20.9 Å². The maximum Gasteiger partial charge on any atom is 0.255 e. The van der Waals surface area contributed by atoms with Crippen LogP contribution in [0.15, 0.2) is 65.1 Å². The molecule has 0 aliphatic rings. The molecule has 0 aliphatic heterocycles. The summed E-state index contributed by atoms with van der Waals surface area (Å²) in [6.07, 6.45) is 0.756. The van der Waals surface area contributed by atoms with E-state index in [1.165, 1.54) is 0 Å². The number of carbonyl (C=O) groups excluding carboxylic acids is 2. The Balaban J connectivity index is 1.47. The highest BCUT2D eigenvalue weighted by atomic mass is 79.9. The molecular formula is C27H27BrClN5O2. The van der Waals surface area contributed by atoms with Crippen molar-refractivity contribution in [2.75, 3.05) is 10.6 Å². The van der Waals surface area contributed by atoms with E-state index in [0.717, 1.165) is 16.5 Å². The molecule has 2 amide bonds. The Hall–Kier alpha value is -3.36. The Bertz CT molecular complexity index is 1420. The molecule has 0 radical (unpaired) electrons. The van der Waals surface area contributed by atoms with Crippen LogP contribution in [0.3, 0.4) is 0 Å². The summed E-state index contributed by atoms with van der Waals surface area (Å²) in [5.74, 6) is 0.282. The second-order valence-corrected chi connectivity index (χ2v) is 10.5. The molecule has 0 bridgehead atoms. The lowest BCUT2D eigenvalue weighted by Crippen LogP contribution is -2.35. The van der Waals surface area contributed by atoms with Crippen molar-refractivity contribution < 1.29 is 9.59 Å². The first kappa shape index (κ1) is 25.7. The summed E-state index contributed by atoms with van der Waals surface area (Å²) in [6, 6.07) is 18.2. The molecule has 1 heterocycles. The van der Waals surface area contributed by atoms with Crippen molar-refractivity contribution in [1.82, 2.24) is 15.3 Å². The molecule has 186 valence electrons. The van der Waals surface area contributed by atoms with Gasteiger partial charge in [-0.05, 0) is 66.6 Å². The molecule has 3 aromatic carbocycles. The number of rotatable bonds is 8. The van der Waals surface area contributed by atoms with E-state index >= 15 is 0 Å². The van der Waals surface area contributed by atoms with Crippen LogP contribution in [0.2, 0.25) is 5.02 Å². The molecule has 1 aromatic heterocycles. The van der Waals surface area contributed by atoms with Gasteiger partial charge in [0.2, 0.25) is 11.9 Å². The molecule has 36 heavy (non-hydrogen) atoms. The van der Waals surface area contributed by atoms with Gasteiger partial charge in [-0.15, -0.1) is 0 Å². The molecule has 0 fully saturated rings. The monoisotopic (exact) mass is 567 g/mol. The van der Waals surface area contributed by atoms with Crippen molar-refractivity contribution >= 4 is 67.7 Å². The van der Waals surface area contributed by atoms with Gasteiger partial charge in [-0.1, -0.05) is 54.4 Å². The van der Waals surface area contributed by atoms with Gasteiger partial charge in [0.05, 0.1) is 21.7 Å². The summed E-state index contributed by atoms with van der Waals surface area (Å²) in [7, 11) is 0. The minimum absolute atomic E-state index is 0.00622. The largest absolute Gasteiger partial charge is 0.352 e. The standard InChI is InChI=1S/C27H27BrClN5O2/c1-4-27(2,3)25(36)30-15-16-5-11-20(29)22(13-16)33-26-32-21-12-6-17(14-23(21)34-26)24(35)31-19-9-7-18(28)8-10-19/h5-14H,4,15H2,1-3H3,(H,30,36)(H,31,35)(H2,32,33,34). The molecule has 0 unspecified atom stereocenters. The highest BCUT2D eigenvalue weighted by Crippen LogP contribution is 2.27. The van der Waals surface area contributed by atoms with Gasteiger partial charge in [-0.25, -0.2) is 4.98 Å². The van der Waals surface area contributed by atoms with E-state index in [4.69, 9.17) is 11.6 Å².